The van der Waals surface area contributed by atoms with Crippen molar-refractivity contribution in [1.29, 1.82) is 0 Å². The summed E-state index contributed by atoms with van der Waals surface area (Å²) in [6.07, 6.45) is 0. The van der Waals surface area contributed by atoms with Gasteiger partial charge in [-0.05, 0) is 97.9 Å². The van der Waals surface area contributed by atoms with Crippen LogP contribution in [0.2, 0.25) is 0 Å². The molecule has 2 nitrogen and oxygen atoms in total. The van der Waals surface area contributed by atoms with Crippen LogP contribution in [0, 0.1) is 0 Å². The van der Waals surface area contributed by atoms with Crippen molar-refractivity contribution in [3.63, 3.8) is 0 Å². The van der Waals surface area contributed by atoms with Gasteiger partial charge in [-0.2, -0.15) is 0 Å². The fourth-order valence-corrected chi connectivity index (χ4v) is 9.61. The van der Waals surface area contributed by atoms with Crippen molar-refractivity contribution in [1.82, 2.24) is 0 Å². The van der Waals surface area contributed by atoms with Crippen molar-refractivity contribution in [2.24, 2.45) is 0 Å². The Bertz CT molecular complexity index is 3190. The van der Waals surface area contributed by atoms with E-state index in [-0.39, 0.29) is 5.41 Å². The Morgan fingerprint density at radius 1 is 0.390 bits per heavy atom. The molecule has 0 unspecified atom stereocenters. The molecule has 11 rings (SSSR count). The zero-order valence-electron chi connectivity index (χ0n) is 33.2. The molecule has 0 spiro atoms. The van der Waals surface area contributed by atoms with Crippen LogP contribution in [0.3, 0.4) is 0 Å². The molecular weight excluding hydrogens is 713 g/mol. The summed E-state index contributed by atoms with van der Waals surface area (Å²) in [7, 11) is 0. The number of hydrogen-bond acceptors (Lipinski definition) is 2. The average molecular weight is 755 g/mol. The molecule has 1 heterocycles. The van der Waals surface area contributed by atoms with Crippen molar-refractivity contribution in [3.05, 3.63) is 230 Å². The van der Waals surface area contributed by atoms with Crippen LogP contribution in [0.5, 0.6) is 0 Å². The maximum atomic E-state index is 2.55. The molecule has 10 aromatic carbocycles. The van der Waals surface area contributed by atoms with E-state index in [4.69, 9.17) is 0 Å². The summed E-state index contributed by atoms with van der Waals surface area (Å²) in [5.41, 5.74) is 14.2. The van der Waals surface area contributed by atoms with Gasteiger partial charge in [-0.3, -0.25) is 0 Å². The third-order valence-corrected chi connectivity index (χ3v) is 12.4. The number of para-hydroxylation sites is 2. The van der Waals surface area contributed by atoms with Crippen LogP contribution >= 0.6 is 0 Å². The largest absolute Gasteiger partial charge is 0.310 e. The molecule has 0 fully saturated rings. The van der Waals surface area contributed by atoms with Crippen molar-refractivity contribution < 1.29 is 0 Å². The summed E-state index contributed by atoms with van der Waals surface area (Å²) in [5.74, 6) is 0. The van der Waals surface area contributed by atoms with E-state index in [0.717, 1.165) is 22.6 Å². The molecule has 280 valence electrons. The van der Waals surface area contributed by atoms with Crippen LogP contribution in [0.4, 0.5) is 34.1 Å². The fourth-order valence-electron chi connectivity index (χ4n) is 9.61. The first-order chi connectivity index (χ1) is 29.0. The molecule has 0 atom stereocenters. The lowest BCUT2D eigenvalue weighted by molar-refractivity contribution is 0.634. The first kappa shape index (κ1) is 34.8. The van der Waals surface area contributed by atoms with Crippen LogP contribution in [0.25, 0.3) is 54.6 Å². The molecule has 0 amide bonds. The number of fused-ring (bicyclic) bond motifs is 5. The lowest BCUT2D eigenvalue weighted by Crippen LogP contribution is -2.31. The van der Waals surface area contributed by atoms with Gasteiger partial charge in [-0.25, -0.2) is 0 Å². The van der Waals surface area contributed by atoms with Crippen LogP contribution in [-0.4, -0.2) is 0 Å². The first-order valence-corrected chi connectivity index (χ1v) is 20.5. The number of rotatable bonds is 6. The van der Waals surface area contributed by atoms with Crippen LogP contribution in [0.1, 0.15) is 25.0 Å². The van der Waals surface area contributed by atoms with E-state index in [1.807, 2.05) is 0 Å². The predicted octanol–water partition coefficient (Wildman–Crippen LogP) is 16.1. The summed E-state index contributed by atoms with van der Waals surface area (Å²) >= 11 is 0. The Morgan fingerprint density at radius 2 is 0.966 bits per heavy atom. The minimum atomic E-state index is -0.264. The highest BCUT2D eigenvalue weighted by Gasteiger charge is 2.39. The molecular formula is C57H42N2. The molecule has 0 aliphatic carbocycles. The molecule has 0 saturated heterocycles. The molecule has 0 aromatic heterocycles. The van der Waals surface area contributed by atoms with Gasteiger partial charge in [0.25, 0.3) is 0 Å². The van der Waals surface area contributed by atoms with Gasteiger partial charge in [0.2, 0.25) is 0 Å². The van der Waals surface area contributed by atoms with Crippen LogP contribution in [-0.2, 0) is 5.41 Å². The molecule has 1 aliphatic heterocycles. The van der Waals surface area contributed by atoms with Gasteiger partial charge >= 0.3 is 0 Å². The third kappa shape index (κ3) is 5.71. The minimum absolute atomic E-state index is 0.264. The molecule has 0 radical (unpaired) electrons. The Balaban J connectivity index is 1.12. The molecule has 0 bridgehead atoms. The zero-order chi connectivity index (χ0) is 39.5. The number of nitrogens with zero attached hydrogens (tertiary/aromatic N) is 2. The summed E-state index contributed by atoms with van der Waals surface area (Å²) in [4.78, 5) is 4.93. The van der Waals surface area contributed by atoms with Gasteiger partial charge in [0.15, 0.2) is 0 Å². The maximum absolute atomic E-state index is 2.55. The summed E-state index contributed by atoms with van der Waals surface area (Å²) in [5, 5.41) is 7.36. The van der Waals surface area contributed by atoms with Gasteiger partial charge in [0.1, 0.15) is 0 Å². The lowest BCUT2D eigenvalue weighted by Gasteiger charge is -2.44. The number of anilines is 6. The predicted molar refractivity (Wildman–Crippen MR) is 251 cm³/mol. The van der Waals surface area contributed by atoms with Crippen molar-refractivity contribution in [2.45, 2.75) is 19.3 Å². The second-order valence-corrected chi connectivity index (χ2v) is 16.1. The average Bonchev–Trinajstić information content (AvgIpc) is 3.29. The maximum Gasteiger partial charge on any atom is 0.0618 e. The summed E-state index contributed by atoms with van der Waals surface area (Å²) in [6.45, 7) is 4.79. The van der Waals surface area contributed by atoms with Gasteiger partial charge in [0, 0.05) is 33.1 Å². The Morgan fingerprint density at radius 3 is 1.78 bits per heavy atom. The van der Waals surface area contributed by atoms with Crippen molar-refractivity contribution >= 4 is 66.4 Å². The molecule has 0 N–H and O–H groups in total. The van der Waals surface area contributed by atoms with Crippen molar-refractivity contribution in [2.75, 3.05) is 9.80 Å². The topological polar surface area (TPSA) is 6.48 Å². The normalized spacial score (nSPS) is 13.0. The quantitative estimate of drug-likeness (QED) is 0.167. The van der Waals surface area contributed by atoms with Crippen molar-refractivity contribution in [3.8, 4) is 22.3 Å². The smallest absolute Gasteiger partial charge is 0.0618 e. The SMILES string of the molecule is CC1(C)c2ccccc2N(c2c(-c3ccc(N(c4ccccc4)c4cccc5ccccc45)cc3)ccc3ccccc23)c2cccc(-c3ccc4ccccc4c3)c21. The van der Waals surface area contributed by atoms with Gasteiger partial charge in [-0.1, -0.05) is 184 Å². The van der Waals surface area contributed by atoms with E-state index >= 15 is 0 Å². The third-order valence-electron chi connectivity index (χ3n) is 12.4. The van der Waals surface area contributed by atoms with E-state index in [2.05, 4.69) is 242 Å². The molecule has 2 heteroatoms. The van der Waals surface area contributed by atoms with Gasteiger partial charge in [0.05, 0.1) is 22.7 Å². The summed E-state index contributed by atoms with van der Waals surface area (Å²) < 4.78 is 0. The van der Waals surface area contributed by atoms with E-state index in [1.165, 1.54) is 77.2 Å². The Hall–Kier alpha value is -7.42. The second kappa shape index (κ2) is 13.9. The first-order valence-electron chi connectivity index (χ1n) is 20.5. The highest BCUT2D eigenvalue weighted by Crippen LogP contribution is 2.57. The van der Waals surface area contributed by atoms with E-state index < -0.39 is 0 Å². The van der Waals surface area contributed by atoms with E-state index in [1.54, 1.807) is 0 Å². The standard InChI is InChI=1S/C57H42N2/c1-57(2)51-26-12-13-27-53(51)59(54-29-15-25-48(55(54)57)44-31-30-39-16-6-7-19-43(39)38-44)56-49-24-11-9-18-41(49)34-37-50(56)42-32-35-46(36-33-42)58(45-21-4-3-5-22-45)52-28-14-20-40-17-8-10-23-47(40)52/h3-38H,1-2H3. The number of benzene rings is 10. The van der Waals surface area contributed by atoms with Crippen LogP contribution < -0.4 is 9.80 Å². The number of hydrogen-bond donors (Lipinski definition) is 0. The minimum Gasteiger partial charge on any atom is -0.310 e. The van der Waals surface area contributed by atoms with Gasteiger partial charge in [-0.15, -0.1) is 0 Å². The second-order valence-electron chi connectivity index (χ2n) is 16.1. The highest BCUT2D eigenvalue weighted by atomic mass is 15.2. The molecule has 59 heavy (non-hydrogen) atoms. The van der Waals surface area contributed by atoms with Gasteiger partial charge < -0.3 is 9.80 Å². The van der Waals surface area contributed by atoms with Crippen LogP contribution in [0.15, 0.2) is 218 Å². The Labute approximate surface area is 345 Å². The Kier molecular flexibility index (Phi) is 8.20. The highest BCUT2D eigenvalue weighted by molar-refractivity contribution is 6.08. The monoisotopic (exact) mass is 754 g/mol. The lowest BCUT2D eigenvalue weighted by atomic mass is 9.70. The molecule has 0 saturated carbocycles. The van der Waals surface area contributed by atoms with E-state index in [0.29, 0.717) is 0 Å². The molecule has 1 aliphatic rings. The van der Waals surface area contributed by atoms with E-state index in [9.17, 15) is 0 Å². The summed E-state index contributed by atoms with van der Waals surface area (Å²) in [6, 6.07) is 80.0. The fraction of sp³-hybridized carbons (Fsp3) is 0.0526. The zero-order valence-corrected chi connectivity index (χ0v) is 33.2. The molecule has 10 aromatic rings.